The summed E-state index contributed by atoms with van der Waals surface area (Å²) in [6.07, 6.45) is 2.08. The first-order valence-electron chi connectivity index (χ1n) is 5.93. The molecular weight excluding hydrogens is 233 g/mol. The molecule has 1 aromatic heterocycles. The van der Waals surface area contributed by atoms with Crippen molar-refractivity contribution < 1.29 is 4.39 Å². The molecule has 1 aliphatic carbocycles. The molecule has 2 N–H and O–H groups in total. The highest BCUT2D eigenvalue weighted by atomic mass is 19.1. The molecule has 2 aromatic rings. The number of rotatable bonds is 2. The molecule has 1 heterocycles. The minimum absolute atomic E-state index is 0.239. The number of nitrogen functional groups attached to an aromatic ring is 1. The van der Waals surface area contributed by atoms with Gasteiger partial charge in [0.15, 0.2) is 0 Å². The van der Waals surface area contributed by atoms with Gasteiger partial charge < -0.3 is 5.73 Å². The molecule has 1 fully saturated rings. The second-order valence-electron chi connectivity index (χ2n) is 4.67. The minimum Gasteiger partial charge on any atom is -0.393 e. The fourth-order valence-electron chi connectivity index (χ4n) is 2.38. The van der Waals surface area contributed by atoms with Crippen molar-refractivity contribution in [3.05, 3.63) is 46.1 Å². The Kier molecular flexibility index (Phi) is 2.29. The first kappa shape index (κ1) is 11.1. The molecule has 0 bridgehead atoms. The van der Waals surface area contributed by atoms with Gasteiger partial charge in [0.1, 0.15) is 17.2 Å². The van der Waals surface area contributed by atoms with Crippen LogP contribution >= 0.6 is 0 Å². The molecule has 4 nitrogen and oxygen atoms in total. The molecule has 0 aliphatic heterocycles. The average Bonchev–Trinajstić information content (AvgIpc) is 3.13. The quantitative estimate of drug-likeness (QED) is 0.879. The Hall–Kier alpha value is -2.04. The normalized spacial score (nSPS) is 15.0. The first-order valence-corrected chi connectivity index (χ1v) is 5.93. The van der Waals surface area contributed by atoms with Crippen molar-refractivity contribution >= 4 is 5.69 Å². The van der Waals surface area contributed by atoms with E-state index in [0.29, 0.717) is 5.92 Å². The van der Waals surface area contributed by atoms with Crippen LogP contribution in [0.3, 0.4) is 0 Å². The molecule has 5 heteroatoms. The van der Waals surface area contributed by atoms with Crippen molar-refractivity contribution in [2.45, 2.75) is 18.8 Å². The van der Waals surface area contributed by atoms with Gasteiger partial charge in [0, 0.05) is 13.0 Å². The van der Waals surface area contributed by atoms with Crippen LogP contribution in [-0.4, -0.2) is 9.36 Å². The van der Waals surface area contributed by atoms with Crippen LogP contribution in [0.25, 0.3) is 5.69 Å². The van der Waals surface area contributed by atoms with Gasteiger partial charge in [0.05, 0.1) is 5.69 Å². The number of hydrogen-bond donors (Lipinski definition) is 1. The maximum absolute atomic E-state index is 13.8. The molecule has 0 radical (unpaired) electrons. The van der Waals surface area contributed by atoms with Gasteiger partial charge in [0.2, 0.25) is 0 Å². The highest BCUT2D eigenvalue weighted by Crippen LogP contribution is 2.41. The zero-order valence-electron chi connectivity index (χ0n) is 10.1. The van der Waals surface area contributed by atoms with E-state index in [4.69, 9.17) is 5.73 Å². The lowest BCUT2D eigenvalue weighted by Gasteiger charge is -2.10. The largest absolute Gasteiger partial charge is 0.393 e. The van der Waals surface area contributed by atoms with Crippen molar-refractivity contribution in [3.63, 3.8) is 0 Å². The Bertz CT molecular complexity index is 667. The van der Waals surface area contributed by atoms with E-state index in [0.717, 1.165) is 18.5 Å². The van der Waals surface area contributed by atoms with Gasteiger partial charge in [-0.3, -0.25) is 9.48 Å². The fourth-order valence-corrected chi connectivity index (χ4v) is 2.38. The summed E-state index contributed by atoms with van der Waals surface area (Å²) in [4.78, 5) is 12.1. The SMILES string of the molecule is Cn1c(C2CC2)c(N)c(=O)n1-c1ccccc1F. The topological polar surface area (TPSA) is 52.9 Å². The number of halogens is 1. The molecule has 0 saturated heterocycles. The third-order valence-electron chi connectivity index (χ3n) is 3.39. The number of benzene rings is 1. The smallest absolute Gasteiger partial charge is 0.294 e. The first-order chi connectivity index (χ1) is 8.61. The zero-order valence-corrected chi connectivity index (χ0v) is 10.1. The zero-order chi connectivity index (χ0) is 12.9. The third kappa shape index (κ3) is 1.47. The van der Waals surface area contributed by atoms with E-state index in [1.165, 1.54) is 10.7 Å². The van der Waals surface area contributed by atoms with Crippen molar-refractivity contribution in [2.75, 3.05) is 5.73 Å². The van der Waals surface area contributed by atoms with E-state index < -0.39 is 5.82 Å². The van der Waals surface area contributed by atoms with Crippen molar-refractivity contribution in [2.24, 2.45) is 7.05 Å². The van der Waals surface area contributed by atoms with Crippen molar-refractivity contribution in [1.82, 2.24) is 9.36 Å². The Morgan fingerprint density at radius 3 is 2.61 bits per heavy atom. The predicted molar refractivity (Wildman–Crippen MR) is 67.4 cm³/mol. The Morgan fingerprint density at radius 2 is 2.00 bits per heavy atom. The van der Waals surface area contributed by atoms with Crippen LogP contribution in [0.1, 0.15) is 24.5 Å². The van der Waals surface area contributed by atoms with Gasteiger partial charge >= 0.3 is 0 Å². The Labute approximate surface area is 103 Å². The Morgan fingerprint density at radius 1 is 1.33 bits per heavy atom. The van der Waals surface area contributed by atoms with Crippen LogP contribution in [-0.2, 0) is 7.05 Å². The third-order valence-corrected chi connectivity index (χ3v) is 3.39. The van der Waals surface area contributed by atoms with Crippen LogP contribution in [0, 0.1) is 5.82 Å². The summed E-state index contributed by atoms with van der Waals surface area (Å²) in [6, 6.07) is 6.21. The summed E-state index contributed by atoms with van der Waals surface area (Å²) >= 11 is 0. The molecule has 0 spiro atoms. The monoisotopic (exact) mass is 247 g/mol. The van der Waals surface area contributed by atoms with Gasteiger partial charge in [-0.25, -0.2) is 9.07 Å². The average molecular weight is 247 g/mol. The van der Waals surface area contributed by atoms with Crippen molar-refractivity contribution in [1.29, 1.82) is 0 Å². The van der Waals surface area contributed by atoms with Crippen LogP contribution in [0.4, 0.5) is 10.1 Å². The van der Waals surface area contributed by atoms with E-state index in [9.17, 15) is 9.18 Å². The molecule has 0 atom stereocenters. The Balaban J connectivity index is 2.28. The summed E-state index contributed by atoms with van der Waals surface area (Å²) in [5, 5.41) is 0. The second-order valence-corrected chi connectivity index (χ2v) is 4.67. The summed E-state index contributed by atoms with van der Waals surface area (Å²) in [5.74, 6) is -0.0849. The number of anilines is 1. The minimum atomic E-state index is -0.428. The number of nitrogens with two attached hydrogens (primary N) is 1. The standard InChI is InChI=1S/C13H14FN3O/c1-16-12(8-6-7-8)11(15)13(18)17(16)10-5-3-2-4-9(10)14/h2-5,8H,6-7,15H2,1H3. The van der Waals surface area contributed by atoms with Crippen LogP contribution in [0.5, 0.6) is 0 Å². The summed E-state index contributed by atoms with van der Waals surface area (Å²) in [7, 11) is 1.75. The lowest BCUT2D eigenvalue weighted by molar-refractivity contribution is 0.564. The maximum Gasteiger partial charge on any atom is 0.294 e. The van der Waals surface area contributed by atoms with E-state index in [2.05, 4.69) is 0 Å². The van der Waals surface area contributed by atoms with Crippen LogP contribution in [0.2, 0.25) is 0 Å². The highest BCUT2D eigenvalue weighted by Gasteiger charge is 2.32. The second kappa shape index (κ2) is 3.73. The molecule has 0 amide bonds. The van der Waals surface area contributed by atoms with Crippen LogP contribution < -0.4 is 11.3 Å². The fraction of sp³-hybridized carbons (Fsp3) is 0.308. The number of nitrogens with zero attached hydrogens (tertiary/aromatic N) is 2. The van der Waals surface area contributed by atoms with Gasteiger partial charge in [-0.15, -0.1) is 0 Å². The molecule has 94 valence electrons. The van der Waals surface area contributed by atoms with E-state index in [1.807, 2.05) is 0 Å². The molecule has 1 aliphatic rings. The molecule has 0 unspecified atom stereocenters. The lowest BCUT2D eigenvalue weighted by Crippen LogP contribution is -2.21. The van der Waals surface area contributed by atoms with Gasteiger partial charge in [-0.2, -0.15) is 0 Å². The molecule has 1 aromatic carbocycles. The molecule has 1 saturated carbocycles. The molecule has 3 rings (SSSR count). The number of aromatic nitrogens is 2. The highest BCUT2D eigenvalue weighted by molar-refractivity contribution is 5.48. The summed E-state index contributed by atoms with van der Waals surface area (Å²) < 4.78 is 16.8. The van der Waals surface area contributed by atoms with Gasteiger partial charge in [0.25, 0.3) is 5.56 Å². The van der Waals surface area contributed by atoms with Crippen LogP contribution in [0.15, 0.2) is 29.1 Å². The van der Waals surface area contributed by atoms with E-state index in [-0.39, 0.29) is 16.9 Å². The van der Waals surface area contributed by atoms with E-state index >= 15 is 0 Å². The summed E-state index contributed by atoms with van der Waals surface area (Å²) in [5.41, 5.74) is 6.81. The van der Waals surface area contributed by atoms with E-state index in [1.54, 1.807) is 29.9 Å². The summed E-state index contributed by atoms with van der Waals surface area (Å²) in [6.45, 7) is 0. The number of hydrogen-bond acceptors (Lipinski definition) is 2. The molecular formula is C13H14FN3O. The predicted octanol–water partition coefficient (Wildman–Crippen LogP) is 1.77. The van der Waals surface area contributed by atoms with Crippen molar-refractivity contribution in [3.8, 4) is 5.69 Å². The maximum atomic E-state index is 13.8. The number of para-hydroxylation sites is 1. The van der Waals surface area contributed by atoms with Gasteiger partial charge in [-0.1, -0.05) is 12.1 Å². The lowest BCUT2D eigenvalue weighted by atomic mass is 10.2. The van der Waals surface area contributed by atoms with Gasteiger partial charge in [-0.05, 0) is 25.0 Å². The molecule has 18 heavy (non-hydrogen) atoms.